The summed E-state index contributed by atoms with van der Waals surface area (Å²) in [7, 11) is 0. The number of hydrogen-bond donors (Lipinski definition) is 2. The Morgan fingerprint density at radius 3 is 2.30 bits per heavy atom. The molecular formula is C16H15ClO3. The van der Waals surface area contributed by atoms with Gasteiger partial charge >= 0.3 is 0 Å². The molecule has 2 N–H and O–H groups in total. The summed E-state index contributed by atoms with van der Waals surface area (Å²) in [6.07, 6.45) is 0.373. The summed E-state index contributed by atoms with van der Waals surface area (Å²) in [5.74, 6) is 0.0198. The van der Waals surface area contributed by atoms with E-state index in [9.17, 15) is 15.0 Å². The highest BCUT2D eigenvalue weighted by atomic mass is 35.5. The zero-order chi connectivity index (χ0) is 14.7. The average Bonchev–Trinajstić information content (AvgIpc) is 2.41. The van der Waals surface area contributed by atoms with Gasteiger partial charge in [0.15, 0.2) is 5.78 Å². The summed E-state index contributed by atoms with van der Waals surface area (Å²) in [4.78, 5) is 11.8. The van der Waals surface area contributed by atoms with Crippen molar-refractivity contribution in [2.45, 2.75) is 19.2 Å². The van der Waals surface area contributed by atoms with Crippen LogP contribution in [0.2, 0.25) is 0 Å². The lowest BCUT2D eigenvalue weighted by atomic mass is 9.94. The molecule has 2 rings (SSSR count). The third kappa shape index (κ3) is 2.78. The van der Waals surface area contributed by atoms with Gasteiger partial charge in [-0.15, -0.1) is 11.6 Å². The van der Waals surface area contributed by atoms with Crippen molar-refractivity contribution in [3.8, 4) is 11.5 Å². The number of benzene rings is 2. The lowest BCUT2D eigenvalue weighted by Gasteiger charge is -2.12. The lowest BCUT2D eigenvalue weighted by molar-refractivity contribution is 0.101. The lowest BCUT2D eigenvalue weighted by Crippen LogP contribution is -2.03. The Bertz CT molecular complexity index is 650. The summed E-state index contributed by atoms with van der Waals surface area (Å²) in [5.41, 5.74) is 2.17. The van der Waals surface area contributed by atoms with Crippen LogP contribution in [0.3, 0.4) is 0 Å². The molecule has 0 aliphatic carbocycles. The van der Waals surface area contributed by atoms with Crippen LogP contribution in [0.1, 0.15) is 34.0 Å². The van der Waals surface area contributed by atoms with Crippen LogP contribution >= 0.6 is 11.6 Å². The van der Waals surface area contributed by atoms with Crippen molar-refractivity contribution >= 4 is 17.4 Å². The largest absolute Gasteiger partial charge is 0.508 e. The van der Waals surface area contributed by atoms with Crippen LogP contribution in [-0.4, -0.2) is 16.0 Å². The summed E-state index contributed by atoms with van der Waals surface area (Å²) >= 11 is 5.74. The van der Waals surface area contributed by atoms with Crippen molar-refractivity contribution in [3.63, 3.8) is 0 Å². The first-order chi connectivity index (χ1) is 9.54. The molecule has 0 heterocycles. The van der Waals surface area contributed by atoms with E-state index in [0.29, 0.717) is 23.1 Å². The molecule has 0 aliphatic heterocycles. The van der Waals surface area contributed by atoms with E-state index in [1.54, 1.807) is 30.3 Å². The van der Waals surface area contributed by atoms with Crippen molar-refractivity contribution in [1.29, 1.82) is 0 Å². The molecule has 2 aromatic rings. The standard InChI is InChI=1S/C16H15ClO3/c1-10(18)15-12(6-7-13(9-17)16(15)20)8-11-4-2-3-5-14(11)19/h2-7,19-20H,8-9H2,1H3. The number of para-hydroxylation sites is 1. The maximum atomic E-state index is 11.8. The van der Waals surface area contributed by atoms with Crippen LogP contribution in [0.25, 0.3) is 0 Å². The SMILES string of the molecule is CC(=O)c1c(Cc2ccccc2O)ccc(CCl)c1O. The number of phenols is 2. The maximum Gasteiger partial charge on any atom is 0.163 e. The Morgan fingerprint density at radius 2 is 1.70 bits per heavy atom. The maximum absolute atomic E-state index is 11.8. The molecule has 0 fully saturated rings. The summed E-state index contributed by atoms with van der Waals surface area (Å²) in [6.45, 7) is 1.40. The molecule has 20 heavy (non-hydrogen) atoms. The minimum absolute atomic E-state index is 0.0691. The van der Waals surface area contributed by atoms with Crippen LogP contribution in [-0.2, 0) is 12.3 Å². The molecule has 3 nitrogen and oxygen atoms in total. The number of halogens is 1. The molecule has 0 saturated heterocycles. The summed E-state index contributed by atoms with van der Waals surface area (Å²) in [6, 6.07) is 10.4. The number of phenolic OH excluding ortho intramolecular Hbond substituents is 2. The Morgan fingerprint density at radius 1 is 1.05 bits per heavy atom. The van der Waals surface area contributed by atoms with Gasteiger partial charge in [-0.25, -0.2) is 0 Å². The molecule has 2 aromatic carbocycles. The monoisotopic (exact) mass is 290 g/mol. The van der Waals surface area contributed by atoms with E-state index in [1.165, 1.54) is 6.92 Å². The molecule has 104 valence electrons. The highest BCUT2D eigenvalue weighted by Gasteiger charge is 2.17. The minimum Gasteiger partial charge on any atom is -0.508 e. The van der Waals surface area contributed by atoms with Gasteiger partial charge in [0, 0.05) is 12.0 Å². The van der Waals surface area contributed by atoms with Crippen LogP contribution in [0.4, 0.5) is 0 Å². The first-order valence-electron chi connectivity index (χ1n) is 6.22. The number of aromatic hydroxyl groups is 2. The second-order valence-electron chi connectivity index (χ2n) is 4.60. The predicted octanol–water partition coefficient (Wildman–Crippen LogP) is 3.63. The van der Waals surface area contributed by atoms with E-state index in [4.69, 9.17) is 11.6 Å². The van der Waals surface area contributed by atoms with Crippen LogP contribution in [0.5, 0.6) is 11.5 Å². The molecule has 0 unspecified atom stereocenters. The molecule has 0 amide bonds. The van der Waals surface area contributed by atoms with E-state index >= 15 is 0 Å². The molecule has 0 radical (unpaired) electrons. The van der Waals surface area contributed by atoms with E-state index < -0.39 is 0 Å². The van der Waals surface area contributed by atoms with Crippen LogP contribution < -0.4 is 0 Å². The van der Waals surface area contributed by atoms with Crippen molar-refractivity contribution in [2.24, 2.45) is 0 Å². The van der Waals surface area contributed by atoms with E-state index in [2.05, 4.69) is 0 Å². The Balaban J connectivity index is 2.50. The highest BCUT2D eigenvalue weighted by Crippen LogP contribution is 2.30. The topological polar surface area (TPSA) is 57.5 Å². The number of carbonyl (C=O) groups is 1. The van der Waals surface area contributed by atoms with Crippen molar-refractivity contribution in [1.82, 2.24) is 0 Å². The number of Topliss-reactive ketones (excluding diaryl/α,β-unsaturated/α-hetero) is 1. The predicted molar refractivity (Wildman–Crippen MR) is 78.6 cm³/mol. The molecule has 0 saturated carbocycles. The van der Waals surface area contributed by atoms with Crippen LogP contribution in [0.15, 0.2) is 36.4 Å². The van der Waals surface area contributed by atoms with E-state index in [1.807, 2.05) is 6.07 Å². The summed E-state index contributed by atoms with van der Waals surface area (Å²) in [5, 5.41) is 19.9. The average molecular weight is 291 g/mol. The third-order valence-corrected chi connectivity index (χ3v) is 3.50. The van der Waals surface area contributed by atoms with Crippen molar-refractivity contribution in [2.75, 3.05) is 0 Å². The number of hydrogen-bond acceptors (Lipinski definition) is 3. The van der Waals surface area contributed by atoms with Crippen LogP contribution in [0, 0.1) is 0 Å². The molecule has 0 aliphatic rings. The van der Waals surface area contributed by atoms with Gasteiger partial charge in [0.25, 0.3) is 0 Å². The van der Waals surface area contributed by atoms with Gasteiger partial charge < -0.3 is 10.2 Å². The van der Waals surface area contributed by atoms with Crippen molar-refractivity contribution in [3.05, 3.63) is 58.7 Å². The third-order valence-electron chi connectivity index (χ3n) is 3.22. The first-order valence-corrected chi connectivity index (χ1v) is 6.75. The molecule has 0 atom stereocenters. The van der Waals surface area contributed by atoms with Gasteiger partial charge in [0.05, 0.1) is 11.4 Å². The molecule has 0 spiro atoms. The van der Waals surface area contributed by atoms with Gasteiger partial charge in [-0.3, -0.25) is 4.79 Å². The normalized spacial score (nSPS) is 10.5. The number of ketones is 1. The quantitative estimate of drug-likeness (QED) is 0.668. The van der Waals surface area contributed by atoms with Gasteiger partial charge in [-0.05, 0) is 24.1 Å². The van der Waals surface area contributed by atoms with Crippen molar-refractivity contribution < 1.29 is 15.0 Å². The Hall–Kier alpha value is -2.00. The molecule has 4 heteroatoms. The van der Waals surface area contributed by atoms with Gasteiger partial charge in [0.1, 0.15) is 11.5 Å². The zero-order valence-electron chi connectivity index (χ0n) is 11.1. The molecule has 0 aromatic heterocycles. The van der Waals surface area contributed by atoms with E-state index in [0.717, 1.165) is 0 Å². The fourth-order valence-corrected chi connectivity index (χ4v) is 2.41. The number of rotatable bonds is 4. The smallest absolute Gasteiger partial charge is 0.163 e. The minimum atomic E-state index is -0.222. The molecule has 0 bridgehead atoms. The fourth-order valence-electron chi connectivity index (χ4n) is 2.19. The molecular weight excluding hydrogens is 276 g/mol. The highest BCUT2D eigenvalue weighted by molar-refractivity contribution is 6.17. The second kappa shape index (κ2) is 5.97. The number of carbonyl (C=O) groups excluding carboxylic acids is 1. The van der Waals surface area contributed by atoms with Gasteiger partial charge in [-0.1, -0.05) is 30.3 Å². The Labute approximate surface area is 122 Å². The number of alkyl halides is 1. The van der Waals surface area contributed by atoms with Gasteiger partial charge in [-0.2, -0.15) is 0 Å². The summed E-state index contributed by atoms with van der Waals surface area (Å²) < 4.78 is 0. The Kier molecular flexibility index (Phi) is 4.30. The van der Waals surface area contributed by atoms with Gasteiger partial charge in [0.2, 0.25) is 0 Å². The first kappa shape index (κ1) is 14.4. The van der Waals surface area contributed by atoms with E-state index in [-0.39, 0.29) is 28.7 Å². The second-order valence-corrected chi connectivity index (χ2v) is 4.87. The fraction of sp³-hybridized carbons (Fsp3) is 0.188. The zero-order valence-corrected chi connectivity index (χ0v) is 11.8.